The van der Waals surface area contributed by atoms with Crippen molar-refractivity contribution < 1.29 is 13.2 Å². The lowest BCUT2D eigenvalue weighted by atomic mass is 10.2. The normalized spacial score (nSPS) is 16.5. The molecule has 6 heteroatoms. The van der Waals surface area contributed by atoms with Crippen LogP contribution in [0.15, 0.2) is 35.2 Å². The van der Waals surface area contributed by atoms with Crippen molar-refractivity contribution in [2.24, 2.45) is 5.73 Å². The molecule has 2 rings (SSSR count). The van der Waals surface area contributed by atoms with Gasteiger partial charge in [-0.15, -0.1) is 0 Å². The Labute approximate surface area is 113 Å². The lowest BCUT2D eigenvalue weighted by Crippen LogP contribution is -2.34. The van der Waals surface area contributed by atoms with Crippen molar-refractivity contribution in [3.05, 3.63) is 35.9 Å². The highest BCUT2D eigenvalue weighted by molar-refractivity contribution is 7.89. The Balaban J connectivity index is 2.46. The van der Waals surface area contributed by atoms with Crippen LogP contribution in [0.25, 0.3) is 0 Å². The van der Waals surface area contributed by atoms with E-state index in [1.54, 1.807) is 18.2 Å². The van der Waals surface area contributed by atoms with Crippen LogP contribution in [0.3, 0.4) is 0 Å². The van der Waals surface area contributed by atoms with E-state index in [-0.39, 0.29) is 4.90 Å². The number of ether oxygens (including phenoxy) is 1. The molecule has 19 heavy (non-hydrogen) atoms. The van der Waals surface area contributed by atoms with Crippen LogP contribution in [-0.4, -0.2) is 32.9 Å². The molecule has 1 aromatic rings. The molecule has 2 N–H and O–H groups in total. The van der Waals surface area contributed by atoms with Crippen LogP contribution in [0.1, 0.15) is 12.0 Å². The third kappa shape index (κ3) is 2.80. The van der Waals surface area contributed by atoms with E-state index in [1.807, 2.05) is 12.2 Å². The number of sulfonamides is 1. The molecule has 0 amide bonds. The fraction of sp³-hybridized carbons (Fsp3) is 0.385. The second-order valence-corrected chi connectivity index (χ2v) is 6.22. The van der Waals surface area contributed by atoms with Gasteiger partial charge < -0.3 is 10.5 Å². The maximum Gasteiger partial charge on any atom is 0.247 e. The highest BCUT2D eigenvalue weighted by atomic mass is 32.2. The average molecular weight is 282 g/mol. The number of nitrogens with zero attached hydrogens (tertiary/aromatic N) is 1. The number of hydrogen-bond donors (Lipinski definition) is 1. The van der Waals surface area contributed by atoms with Crippen LogP contribution in [0, 0.1) is 0 Å². The summed E-state index contributed by atoms with van der Waals surface area (Å²) in [6.45, 7) is 1.19. The van der Waals surface area contributed by atoms with Crippen LogP contribution in [-0.2, 0) is 16.6 Å². The summed E-state index contributed by atoms with van der Waals surface area (Å²) in [5.74, 6) is 0.353. The minimum atomic E-state index is -3.54. The Hall–Kier alpha value is -1.37. The molecular weight excluding hydrogens is 264 g/mol. The van der Waals surface area contributed by atoms with Gasteiger partial charge in [-0.3, -0.25) is 0 Å². The highest BCUT2D eigenvalue weighted by Crippen LogP contribution is 2.28. The van der Waals surface area contributed by atoms with Gasteiger partial charge in [0.05, 0.1) is 7.11 Å². The predicted molar refractivity (Wildman–Crippen MR) is 73.4 cm³/mol. The Bertz CT molecular complexity index is 582. The SMILES string of the molecule is COc1ccc(CN)cc1S(=O)(=O)N1CC=CCC1. The van der Waals surface area contributed by atoms with E-state index in [4.69, 9.17) is 10.5 Å². The van der Waals surface area contributed by atoms with E-state index < -0.39 is 10.0 Å². The van der Waals surface area contributed by atoms with Crippen LogP contribution in [0.4, 0.5) is 0 Å². The second-order valence-electron chi connectivity index (χ2n) is 4.31. The molecule has 0 bridgehead atoms. The van der Waals surface area contributed by atoms with Crippen LogP contribution < -0.4 is 10.5 Å². The van der Waals surface area contributed by atoms with Crippen molar-refractivity contribution in [1.29, 1.82) is 0 Å². The average Bonchev–Trinajstić information content (AvgIpc) is 2.47. The number of methoxy groups -OCH3 is 1. The highest BCUT2D eigenvalue weighted by Gasteiger charge is 2.27. The fourth-order valence-corrected chi connectivity index (χ4v) is 3.64. The molecule has 0 saturated carbocycles. The second kappa shape index (κ2) is 5.73. The molecular formula is C13H18N2O3S. The van der Waals surface area contributed by atoms with Crippen LogP contribution in [0.2, 0.25) is 0 Å². The Kier molecular flexibility index (Phi) is 4.24. The predicted octanol–water partition coefficient (Wildman–Crippen LogP) is 1.10. The maximum absolute atomic E-state index is 12.6. The first-order valence-corrected chi connectivity index (χ1v) is 7.55. The zero-order chi connectivity index (χ0) is 13.9. The molecule has 0 aromatic heterocycles. The number of nitrogens with two attached hydrogens (primary N) is 1. The summed E-state index contributed by atoms with van der Waals surface area (Å²) in [6, 6.07) is 5.01. The first-order valence-electron chi connectivity index (χ1n) is 6.11. The van der Waals surface area contributed by atoms with Crippen molar-refractivity contribution in [2.45, 2.75) is 17.9 Å². The molecule has 1 heterocycles. The van der Waals surface area contributed by atoms with Gasteiger partial charge in [0.15, 0.2) is 0 Å². The first-order chi connectivity index (χ1) is 9.09. The van der Waals surface area contributed by atoms with Gasteiger partial charge in [0.1, 0.15) is 10.6 Å². The third-order valence-corrected chi connectivity index (χ3v) is 4.99. The summed E-state index contributed by atoms with van der Waals surface area (Å²) in [6.07, 6.45) is 4.58. The molecule has 104 valence electrons. The number of rotatable bonds is 4. The van der Waals surface area contributed by atoms with E-state index in [1.165, 1.54) is 11.4 Å². The molecule has 0 radical (unpaired) electrons. The molecule has 0 aliphatic carbocycles. The molecule has 0 fully saturated rings. The minimum Gasteiger partial charge on any atom is -0.495 e. The molecule has 1 aliphatic rings. The molecule has 0 saturated heterocycles. The Morgan fingerprint density at radius 2 is 2.16 bits per heavy atom. The van der Waals surface area contributed by atoms with Gasteiger partial charge in [-0.2, -0.15) is 4.31 Å². The summed E-state index contributed by atoms with van der Waals surface area (Å²) < 4.78 is 31.8. The zero-order valence-corrected chi connectivity index (χ0v) is 11.7. The van der Waals surface area contributed by atoms with Gasteiger partial charge in [0.25, 0.3) is 0 Å². The number of hydrogen-bond acceptors (Lipinski definition) is 4. The lowest BCUT2D eigenvalue weighted by Gasteiger charge is -2.24. The number of benzene rings is 1. The van der Waals surface area contributed by atoms with Crippen molar-refractivity contribution >= 4 is 10.0 Å². The van der Waals surface area contributed by atoms with Crippen molar-refractivity contribution in [1.82, 2.24) is 4.31 Å². The van der Waals surface area contributed by atoms with E-state index in [2.05, 4.69) is 0 Å². The van der Waals surface area contributed by atoms with Gasteiger partial charge >= 0.3 is 0 Å². The third-order valence-electron chi connectivity index (χ3n) is 3.10. The largest absolute Gasteiger partial charge is 0.495 e. The van der Waals surface area contributed by atoms with E-state index in [0.29, 0.717) is 25.4 Å². The van der Waals surface area contributed by atoms with Gasteiger partial charge in [-0.05, 0) is 24.1 Å². The van der Waals surface area contributed by atoms with Crippen molar-refractivity contribution in [3.8, 4) is 5.75 Å². The van der Waals surface area contributed by atoms with Crippen LogP contribution in [0.5, 0.6) is 5.75 Å². The molecule has 0 unspecified atom stereocenters. The van der Waals surface area contributed by atoms with Gasteiger partial charge in [0.2, 0.25) is 10.0 Å². The maximum atomic E-state index is 12.6. The first kappa shape index (κ1) is 14.0. The van der Waals surface area contributed by atoms with Crippen LogP contribution >= 0.6 is 0 Å². The summed E-state index contributed by atoms with van der Waals surface area (Å²) in [5.41, 5.74) is 6.34. The Morgan fingerprint density at radius 3 is 2.74 bits per heavy atom. The van der Waals surface area contributed by atoms with E-state index in [9.17, 15) is 8.42 Å². The smallest absolute Gasteiger partial charge is 0.247 e. The summed E-state index contributed by atoms with van der Waals surface area (Å²) in [4.78, 5) is 0.188. The van der Waals surface area contributed by atoms with Gasteiger partial charge in [0, 0.05) is 19.6 Å². The summed E-state index contributed by atoms with van der Waals surface area (Å²) in [7, 11) is -2.07. The van der Waals surface area contributed by atoms with Gasteiger partial charge in [-0.25, -0.2) is 8.42 Å². The van der Waals surface area contributed by atoms with Crippen molar-refractivity contribution in [3.63, 3.8) is 0 Å². The van der Waals surface area contributed by atoms with E-state index in [0.717, 1.165) is 12.0 Å². The minimum absolute atomic E-state index is 0.188. The Morgan fingerprint density at radius 1 is 1.37 bits per heavy atom. The molecule has 0 spiro atoms. The zero-order valence-electron chi connectivity index (χ0n) is 10.9. The standard InChI is InChI=1S/C13H18N2O3S/c1-18-12-6-5-11(10-14)9-13(12)19(16,17)15-7-3-2-4-8-15/h2-3,5-6,9H,4,7-8,10,14H2,1H3. The van der Waals surface area contributed by atoms with E-state index >= 15 is 0 Å². The van der Waals surface area contributed by atoms with Crippen molar-refractivity contribution in [2.75, 3.05) is 20.2 Å². The van der Waals surface area contributed by atoms with Gasteiger partial charge in [-0.1, -0.05) is 18.2 Å². The monoisotopic (exact) mass is 282 g/mol. The molecule has 5 nitrogen and oxygen atoms in total. The topological polar surface area (TPSA) is 72.6 Å². The molecule has 1 aliphatic heterocycles. The fourth-order valence-electron chi connectivity index (χ4n) is 2.03. The molecule has 0 atom stereocenters. The summed E-state index contributed by atoms with van der Waals surface area (Å²) >= 11 is 0. The molecule has 1 aromatic carbocycles. The lowest BCUT2D eigenvalue weighted by molar-refractivity contribution is 0.394. The quantitative estimate of drug-likeness (QED) is 0.840. The summed E-state index contributed by atoms with van der Waals surface area (Å²) in [5, 5.41) is 0.